The van der Waals surface area contributed by atoms with Gasteiger partial charge >= 0.3 is 0 Å². The number of aromatic nitrogens is 4. The number of para-hydroxylation sites is 6. The maximum absolute atomic E-state index is 14.6. The van der Waals surface area contributed by atoms with Crippen molar-refractivity contribution in [1.29, 1.82) is 0 Å². The maximum Gasteiger partial charge on any atom is 0.266 e. The molecule has 0 saturated heterocycles. The number of amides is 2. The molecule has 0 aliphatic carbocycles. The predicted octanol–water partition coefficient (Wildman–Crippen LogP) is 19.9. The number of halogens is 3. The summed E-state index contributed by atoms with van der Waals surface area (Å²) in [6.07, 6.45) is 0. The lowest BCUT2D eigenvalue weighted by Gasteiger charge is -2.17. The zero-order valence-corrected chi connectivity index (χ0v) is 62.7. The van der Waals surface area contributed by atoms with Gasteiger partial charge in [0.25, 0.3) is 11.8 Å². The Kier molecular flexibility index (Phi) is 14.1. The number of hydrogen-bond donors (Lipinski definition) is 0. The van der Waals surface area contributed by atoms with Crippen LogP contribution in [0, 0.1) is 0 Å². The Balaban J connectivity index is 0.000000140. The topological polar surface area (TPSA) is 205 Å². The van der Waals surface area contributed by atoms with Crippen molar-refractivity contribution in [2.75, 3.05) is 4.90 Å². The van der Waals surface area contributed by atoms with E-state index in [2.05, 4.69) is 0 Å². The second kappa shape index (κ2) is 24.5. The van der Waals surface area contributed by atoms with Gasteiger partial charge in [-0.25, -0.2) is 4.90 Å². The molecule has 10 heterocycles. The average Bonchev–Trinajstić information content (AvgIpc) is 1.13. The van der Waals surface area contributed by atoms with Crippen molar-refractivity contribution < 1.29 is 14.0 Å². The molecule has 0 N–H and O–H groups in total. The Bertz CT molecular complexity index is 8920. The maximum atomic E-state index is 14.6. The molecule has 0 atom stereocenters. The fourth-order valence-corrected chi connectivity index (χ4v) is 18.8. The Morgan fingerprint density at radius 3 is 0.829 bits per heavy atom. The summed E-state index contributed by atoms with van der Waals surface area (Å²) in [4.78, 5) is 141. The van der Waals surface area contributed by atoms with E-state index in [9.17, 15) is 47.9 Å². The van der Waals surface area contributed by atoms with Crippen LogP contribution in [-0.2, 0) is 0 Å². The third kappa shape index (κ3) is 9.41. The number of carbonyl (C=O) groups is 2. The average molecular weight is 1580 g/mol. The van der Waals surface area contributed by atoms with Crippen LogP contribution in [0.2, 0.25) is 15.1 Å². The van der Waals surface area contributed by atoms with Gasteiger partial charge in [0.2, 0.25) is 0 Å². The predicted molar refractivity (Wildman–Crippen MR) is 468 cm³/mol. The fraction of sp³-hybridized carbons (Fsp3) is 0. The number of imide groups is 1. The van der Waals surface area contributed by atoms with E-state index in [1.807, 2.05) is 109 Å². The van der Waals surface area contributed by atoms with Gasteiger partial charge in [-0.2, -0.15) is 0 Å². The zero-order chi connectivity index (χ0) is 79.1. The number of nitrogens with zero attached hydrogens (tertiary/aromatic N) is 5. The number of rotatable bonds is 5. The van der Waals surface area contributed by atoms with E-state index in [0.717, 1.165) is 4.90 Å². The molecule has 0 unspecified atom stereocenters. The summed E-state index contributed by atoms with van der Waals surface area (Å²) in [6, 6.07) is 81.3. The second-order valence-corrected chi connectivity index (χ2v) is 30.9. The van der Waals surface area contributed by atoms with Crippen LogP contribution < -0.4 is 48.3 Å². The highest BCUT2D eigenvalue weighted by atomic mass is 35.5. The van der Waals surface area contributed by atoms with Crippen molar-refractivity contribution in [3.63, 3.8) is 0 Å². The number of anilines is 1. The summed E-state index contributed by atoms with van der Waals surface area (Å²) in [5, 5.41) is 8.42. The summed E-state index contributed by atoms with van der Waals surface area (Å²) in [5.41, 5.74) is 9.82. The highest BCUT2D eigenvalue weighted by Gasteiger charge is 2.38. The van der Waals surface area contributed by atoms with Gasteiger partial charge in [0, 0.05) is 112 Å². The molecule has 16 nitrogen and oxygen atoms in total. The molecule has 0 saturated carbocycles. The van der Waals surface area contributed by atoms with Gasteiger partial charge in [0.15, 0.2) is 43.4 Å². The molecule has 0 fully saturated rings. The molecule has 550 valence electrons. The first-order valence-corrected chi connectivity index (χ1v) is 38.5. The highest BCUT2D eigenvalue weighted by molar-refractivity contribution is 6.36. The Hall–Kier alpha value is -15.1. The number of fused-ring (bicyclic) bond motifs is 17. The van der Waals surface area contributed by atoms with Crippen molar-refractivity contribution in [3.8, 4) is 44.9 Å². The first-order valence-electron chi connectivity index (χ1n) is 37.3. The zero-order valence-electron chi connectivity index (χ0n) is 60.4. The molecule has 1 aliphatic heterocycles. The van der Waals surface area contributed by atoms with E-state index in [4.69, 9.17) is 39.2 Å². The van der Waals surface area contributed by atoms with E-state index in [-0.39, 0.29) is 54.6 Å². The van der Waals surface area contributed by atoms with Gasteiger partial charge < -0.3 is 22.0 Å². The number of carbonyl (C=O) groups excluding carboxylic acids is 2. The van der Waals surface area contributed by atoms with Crippen LogP contribution in [0.15, 0.2) is 322 Å². The molecule has 0 spiro atoms. The molecule has 24 rings (SSSR count). The Morgan fingerprint density at radius 2 is 0.479 bits per heavy atom. The minimum atomic E-state index is -0.493. The van der Waals surface area contributed by atoms with Gasteiger partial charge in [0.05, 0.1) is 83.0 Å². The Morgan fingerprint density at radius 1 is 0.205 bits per heavy atom. The van der Waals surface area contributed by atoms with Crippen LogP contribution in [0.3, 0.4) is 0 Å². The molecular weight excluding hydrogens is 1530 g/mol. The molecule has 1 aliphatic rings. The SMILES string of the molecule is O=C1c2cc(-c3ccc4c(c3)c(=O)c3cccc5c(=O)c6ccccc6n4c53)c(-c3ccc4c(c3)c(=O)c3cccc5c(=O)c6ccc(Cl)cc6n4c35)cc2C(=O)N1c1ccccc1.O=c1c2cc(-c3ccc(-c4ccc5c(c4)c(=O)c4cccc6c(=O)c7ccc(Cl)cc7n5c46)o3)ccc2n2c3cc(Cl)ccc3c(=O)c3cccc1c32. The quantitative estimate of drug-likeness (QED) is 0.0900. The largest absolute Gasteiger partial charge is 0.456 e. The second-order valence-electron chi connectivity index (χ2n) is 29.6. The van der Waals surface area contributed by atoms with Crippen LogP contribution in [0.1, 0.15) is 20.7 Å². The lowest BCUT2D eigenvalue weighted by molar-refractivity contribution is 0.0926. The van der Waals surface area contributed by atoms with Gasteiger partial charge in [-0.1, -0.05) is 102 Å². The lowest BCUT2D eigenvalue weighted by Crippen LogP contribution is -2.29. The van der Waals surface area contributed by atoms with Gasteiger partial charge in [-0.3, -0.25) is 47.9 Å². The standard InChI is InChI=1S/C54H26ClN3O6.C44H20Cl2N2O5/c55-29-18-19-32-46(24-29)58-45-21-17-28(23-42(45)52(62)36-14-7-12-34(48(36)58)50(32)60)38-26-40-39(53(63)56(54(40)64)30-8-2-1-3-9-30)25-37(38)27-16-20-44-41(22-27)51(61)35-13-6-11-33-47(35)57(44)43-15-5-4-10-31(43)49(33)59;45-23-9-11-25-35(19-23)47-33-13-7-21(17-31(33)43(51)29-5-1-3-27(39(29)47)41(25)49)37-15-16-38(53-37)22-8-14-34-32(18-22)44(52)30-6-2-4-28-40(30)48(34)36-20-24(46)10-12-26(36)42(28)50/h1-26H;1-20H. The van der Waals surface area contributed by atoms with Gasteiger partial charge in [-0.05, 0) is 235 Å². The third-order valence-electron chi connectivity index (χ3n) is 23.5. The fourth-order valence-electron chi connectivity index (χ4n) is 18.3. The van der Waals surface area contributed by atoms with Crippen molar-refractivity contribution in [2.24, 2.45) is 0 Å². The third-order valence-corrected chi connectivity index (χ3v) is 24.2. The summed E-state index contributed by atoms with van der Waals surface area (Å²) < 4.78 is 14.2. The molecule has 0 bridgehead atoms. The summed E-state index contributed by atoms with van der Waals surface area (Å²) >= 11 is 19.3. The van der Waals surface area contributed by atoms with E-state index in [1.165, 1.54) is 0 Å². The molecular formula is C98H46Cl3N5O11. The van der Waals surface area contributed by atoms with E-state index in [0.29, 0.717) is 218 Å². The highest BCUT2D eigenvalue weighted by Crippen LogP contribution is 2.43. The van der Waals surface area contributed by atoms with E-state index in [1.54, 1.807) is 188 Å². The molecule has 14 aromatic carbocycles. The van der Waals surface area contributed by atoms with Crippen LogP contribution in [-0.4, -0.2) is 29.4 Å². The molecule has 19 heteroatoms. The van der Waals surface area contributed by atoms with Crippen molar-refractivity contribution >= 4 is 205 Å². The molecule has 9 aromatic heterocycles. The minimum absolute atomic E-state index is 0.154. The number of hydrogen-bond acceptors (Lipinski definition) is 11. The molecule has 23 aromatic rings. The van der Waals surface area contributed by atoms with Crippen LogP contribution in [0.5, 0.6) is 0 Å². The molecule has 0 radical (unpaired) electrons. The van der Waals surface area contributed by atoms with E-state index >= 15 is 0 Å². The van der Waals surface area contributed by atoms with Crippen LogP contribution in [0.25, 0.3) is 197 Å². The normalized spacial score (nSPS) is 12.7. The van der Waals surface area contributed by atoms with Crippen LogP contribution in [0.4, 0.5) is 5.69 Å². The van der Waals surface area contributed by atoms with Crippen molar-refractivity contribution in [1.82, 2.24) is 17.6 Å². The molecule has 117 heavy (non-hydrogen) atoms. The van der Waals surface area contributed by atoms with Crippen molar-refractivity contribution in [2.45, 2.75) is 0 Å². The first kappa shape index (κ1) is 67.6. The molecule has 2 amide bonds. The summed E-state index contributed by atoms with van der Waals surface area (Å²) in [7, 11) is 0. The Labute approximate surface area is 668 Å². The number of furan rings is 1. The van der Waals surface area contributed by atoms with Gasteiger partial charge in [0.1, 0.15) is 11.5 Å². The monoisotopic (exact) mass is 1570 g/mol. The van der Waals surface area contributed by atoms with Crippen LogP contribution >= 0.6 is 34.8 Å². The summed E-state index contributed by atoms with van der Waals surface area (Å²) in [5.74, 6) is 0.0792. The van der Waals surface area contributed by atoms with Gasteiger partial charge in [-0.15, -0.1) is 0 Å². The minimum Gasteiger partial charge on any atom is -0.456 e. The van der Waals surface area contributed by atoms with E-state index < -0.39 is 11.8 Å². The number of pyridine rings is 8. The lowest BCUT2D eigenvalue weighted by atomic mass is 9.89. The number of benzene rings is 14. The smallest absolute Gasteiger partial charge is 0.266 e. The van der Waals surface area contributed by atoms with Crippen molar-refractivity contribution in [3.05, 3.63) is 387 Å². The first-order chi connectivity index (χ1) is 56.9. The summed E-state index contributed by atoms with van der Waals surface area (Å²) in [6.45, 7) is 0.